The zero-order chi connectivity index (χ0) is 11.6. The first-order chi connectivity index (χ1) is 6.78. The minimum absolute atomic E-state index is 0. The molecule has 2 nitrogen and oxygen atoms in total. The number of nitrogens with two attached hydrogens (primary N) is 1. The maximum Gasteiger partial charge on any atom is 0.573 e. The van der Waals surface area contributed by atoms with Crippen LogP contribution in [0.2, 0.25) is 5.02 Å². The van der Waals surface area contributed by atoms with Crippen LogP contribution in [0, 0.1) is 0 Å². The molecule has 0 bridgehead atoms. The van der Waals surface area contributed by atoms with Crippen LogP contribution in [0.5, 0.6) is 5.75 Å². The fraction of sp³-hybridized carbons (Fsp3) is 0.333. The molecular formula is C9H10Cl2F3NO. The third-order valence-corrected chi connectivity index (χ3v) is 1.87. The van der Waals surface area contributed by atoms with Crippen LogP contribution in [-0.2, 0) is 0 Å². The Balaban J connectivity index is 0.00000225. The van der Waals surface area contributed by atoms with Gasteiger partial charge in [0.25, 0.3) is 0 Å². The maximum atomic E-state index is 11.9. The van der Waals surface area contributed by atoms with E-state index in [-0.39, 0.29) is 23.2 Å². The Bertz CT molecular complexity index is 355. The molecule has 16 heavy (non-hydrogen) atoms. The highest BCUT2D eigenvalue weighted by Crippen LogP contribution is 2.28. The molecule has 1 atom stereocenters. The topological polar surface area (TPSA) is 35.2 Å². The molecule has 0 spiro atoms. The number of benzene rings is 1. The highest BCUT2D eigenvalue weighted by atomic mass is 35.5. The minimum atomic E-state index is -4.72. The largest absolute Gasteiger partial charge is 0.573 e. The normalized spacial score (nSPS) is 12.9. The van der Waals surface area contributed by atoms with Gasteiger partial charge in [0.15, 0.2) is 0 Å². The van der Waals surface area contributed by atoms with Gasteiger partial charge in [-0.05, 0) is 30.7 Å². The molecular weight excluding hydrogens is 266 g/mol. The molecule has 0 saturated carbocycles. The Kier molecular flexibility index (Phi) is 5.38. The molecule has 1 aromatic carbocycles. The van der Waals surface area contributed by atoms with E-state index in [4.69, 9.17) is 17.3 Å². The molecule has 0 aliphatic carbocycles. The third kappa shape index (κ3) is 4.92. The van der Waals surface area contributed by atoms with Crippen LogP contribution in [0.15, 0.2) is 18.2 Å². The lowest BCUT2D eigenvalue weighted by Crippen LogP contribution is -2.17. The molecule has 0 aliphatic rings. The fourth-order valence-corrected chi connectivity index (χ4v) is 1.27. The van der Waals surface area contributed by atoms with Gasteiger partial charge in [-0.15, -0.1) is 25.6 Å². The van der Waals surface area contributed by atoms with Crippen LogP contribution in [-0.4, -0.2) is 6.36 Å². The van der Waals surface area contributed by atoms with E-state index in [2.05, 4.69) is 4.74 Å². The Hall–Kier alpha value is -0.650. The van der Waals surface area contributed by atoms with Crippen molar-refractivity contribution in [1.29, 1.82) is 0 Å². The summed E-state index contributed by atoms with van der Waals surface area (Å²) in [5.41, 5.74) is 6.01. The standard InChI is InChI=1S/C9H9ClF3NO.ClH/c1-5(14)6-2-7(10)4-8(3-6)15-9(11,12)13;/h2-5H,14H2,1H3;1H. The first-order valence-electron chi connectivity index (χ1n) is 4.10. The zero-order valence-electron chi connectivity index (χ0n) is 8.22. The second-order valence-corrected chi connectivity index (χ2v) is 3.49. The average Bonchev–Trinajstić information content (AvgIpc) is 1.99. The number of hydrogen-bond donors (Lipinski definition) is 1. The maximum absolute atomic E-state index is 11.9. The summed E-state index contributed by atoms with van der Waals surface area (Å²) >= 11 is 5.62. The molecule has 0 amide bonds. The van der Waals surface area contributed by atoms with E-state index in [0.717, 1.165) is 6.07 Å². The number of alkyl halides is 3. The van der Waals surface area contributed by atoms with Gasteiger partial charge in [-0.25, -0.2) is 0 Å². The van der Waals surface area contributed by atoms with Crippen molar-refractivity contribution in [3.05, 3.63) is 28.8 Å². The van der Waals surface area contributed by atoms with Gasteiger partial charge in [0, 0.05) is 11.1 Å². The van der Waals surface area contributed by atoms with Gasteiger partial charge in [0.2, 0.25) is 0 Å². The van der Waals surface area contributed by atoms with Crippen LogP contribution in [0.3, 0.4) is 0 Å². The van der Waals surface area contributed by atoms with Crippen molar-refractivity contribution in [3.8, 4) is 5.75 Å². The number of halogens is 5. The quantitative estimate of drug-likeness (QED) is 0.894. The molecule has 0 saturated heterocycles. The van der Waals surface area contributed by atoms with Crippen LogP contribution < -0.4 is 10.5 Å². The third-order valence-electron chi connectivity index (χ3n) is 1.65. The Morgan fingerprint density at radius 2 is 1.88 bits per heavy atom. The average molecular weight is 276 g/mol. The molecule has 1 rings (SSSR count). The van der Waals surface area contributed by atoms with E-state index in [1.807, 2.05) is 0 Å². The summed E-state index contributed by atoms with van der Waals surface area (Å²) in [5, 5.41) is 0.157. The van der Waals surface area contributed by atoms with Gasteiger partial charge >= 0.3 is 6.36 Å². The van der Waals surface area contributed by atoms with Crippen molar-refractivity contribution in [2.45, 2.75) is 19.3 Å². The Morgan fingerprint density at radius 3 is 2.31 bits per heavy atom. The van der Waals surface area contributed by atoms with E-state index < -0.39 is 12.4 Å². The first kappa shape index (κ1) is 15.3. The van der Waals surface area contributed by atoms with Crippen molar-refractivity contribution in [2.24, 2.45) is 5.73 Å². The lowest BCUT2D eigenvalue weighted by molar-refractivity contribution is -0.274. The molecule has 0 aliphatic heterocycles. The molecule has 0 radical (unpaired) electrons. The predicted molar refractivity (Wildman–Crippen MR) is 58.0 cm³/mol. The smallest absolute Gasteiger partial charge is 0.406 e. The molecule has 1 aromatic rings. The van der Waals surface area contributed by atoms with Crippen LogP contribution in [0.1, 0.15) is 18.5 Å². The monoisotopic (exact) mass is 275 g/mol. The lowest BCUT2D eigenvalue weighted by atomic mass is 10.1. The minimum Gasteiger partial charge on any atom is -0.406 e. The van der Waals surface area contributed by atoms with Gasteiger partial charge in [-0.3, -0.25) is 0 Å². The van der Waals surface area contributed by atoms with Gasteiger partial charge in [0.05, 0.1) is 0 Å². The first-order valence-corrected chi connectivity index (χ1v) is 4.47. The van der Waals surface area contributed by atoms with Crippen LogP contribution in [0.4, 0.5) is 13.2 Å². The SMILES string of the molecule is CC(N)c1cc(Cl)cc(OC(F)(F)F)c1.Cl. The van der Waals surface area contributed by atoms with Crippen molar-refractivity contribution >= 4 is 24.0 Å². The predicted octanol–water partition coefficient (Wildman–Crippen LogP) is 3.68. The molecule has 0 aromatic heterocycles. The second kappa shape index (κ2) is 5.61. The lowest BCUT2D eigenvalue weighted by Gasteiger charge is -2.12. The molecule has 0 heterocycles. The van der Waals surface area contributed by atoms with Gasteiger partial charge in [-0.1, -0.05) is 11.6 Å². The van der Waals surface area contributed by atoms with Gasteiger partial charge < -0.3 is 10.5 Å². The molecule has 0 fully saturated rings. The number of rotatable bonds is 2. The van der Waals surface area contributed by atoms with Crippen LogP contribution >= 0.6 is 24.0 Å². The van der Waals surface area contributed by atoms with E-state index in [9.17, 15) is 13.2 Å². The number of ether oxygens (including phenoxy) is 1. The summed E-state index contributed by atoms with van der Waals surface area (Å²) < 4.78 is 39.5. The summed E-state index contributed by atoms with van der Waals surface area (Å²) in [6, 6.07) is 3.39. The highest BCUT2D eigenvalue weighted by molar-refractivity contribution is 6.30. The van der Waals surface area contributed by atoms with Gasteiger partial charge in [0.1, 0.15) is 5.75 Å². The van der Waals surface area contributed by atoms with Crippen molar-refractivity contribution in [1.82, 2.24) is 0 Å². The summed E-state index contributed by atoms with van der Waals surface area (Å²) in [6.07, 6.45) is -4.72. The fourth-order valence-electron chi connectivity index (χ4n) is 1.04. The highest BCUT2D eigenvalue weighted by Gasteiger charge is 2.31. The summed E-state index contributed by atoms with van der Waals surface area (Å²) in [5.74, 6) is -0.359. The van der Waals surface area contributed by atoms with Gasteiger partial charge in [-0.2, -0.15) is 0 Å². The molecule has 7 heteroatoms. The van der Waals surface area contributed by atoms with E-state index in [1.165, 1.54) is 12.1 Å². The Morgan fingerprint density at radius 1 is 1.31 bits per heavy atom. The molecule has 2 N–H and O–H groups in total. The van der Waals surface area contributed by atoms with E-state index in [0.29, 0.717) is 5.56 Å². The second-order valence-electron chi connectivity index (χ2n) is 3.06. The Labute approximate surface area is 102 Å². The van der Waals surface area contributed by atoms with Crippen molar-refractivity contribution < 1.29 is 17.9 Å². The van der Waals surface area contributed by atoms with E-state index >= 15 is 0 Å². The molecule has 92 valence electrons. The molecule has 1 unspecified atom stereocenters. The van der Waals surface area contributed by atoms with Crippen molar-refractivity contribution in [3.63, 3.8) is 0 Å². The summed E-state index contributed by atoms with van der Waals surface area (Å²) in [7, 11) is 0. The van der Waals surface area contributed by atoms with Crippen LogP contribution in [0.25, 0.3) is 0 Å². The summed E-state index contributed by atoms with van der Waals surface area (Å²) in [6.45, 7) is 1.64. The van der Waals surface area contributed by atoms with Crippen molar-refractivity contribution in [2.75, 3.05) is 0 Å². The summed E-state index contributed by atoms with van der Waals surface area (Å²) in [4.78, 5) is 0. The zero-order valence-corrected chi connectivity index (χ0v) is 9.79. The number of hydrogen-bond acceptors (Lipinski definition) is 2. The van der Waals surface area contributed by atoms with E-state index in [1.54, 1.807) is 6.92 Å².